The van der Waals surface area contributed by atoms with Gasteiger partial charge in [0.15, 0.2) is 0 Å². The Morgan fingerprint density at radius 3 is 2.53 bits per heavy atom. The maximum atomic E-state index is 10.5. The van der Waals surface area contributed by atoms with Gasteiger partial charge in [-0.1, -0.05) is 26.7 Å². The molecule has 0 bridgehead atoms. The van der Waals surface area contributed by atoms with E-state index in [0.717, 1.165) is 28.2 Å². The van der Waals surface area contributed by atoms with E-state index in [0.29, 0.717) is 12.3 Å². The Balaban J connectivity index is 2.02. The van der Waals surface area contributed by atoms with Gasteiger partial charge in [0.1, 0.15) is 0 Å². The summed E-state index contributed by atoms with van der Waals surface area (Å²) in [5, 5.41) is 15.0. The largest absolute Gasteiger partial charge is 0.392 e. The molecule has 2 rings (SSSR count). The van der Waals surface area contributed by atoms with Crippen LogP contribution in [0.3, 0.4) is 0 Å². The lowest BCUT2D eigenvalue weighted by molar-refractivity contribution is 0.0744. The molecule has 0 amide bonds. The van der Waals surface area contributed by atoms with E-state index in [2.05, 4.69) is 34.9 Å². The van der Waals surface area contributed by atoms with Crippen LogP contribution >= 0.6 is 15.9 Å². The lowest BCUT2D eigenvalue weighted by atomic mass is 9.79. The van der Waals surface area contributed by atoms with E-state index in [1.165, 1.54) is 25.7 Å². The van der Waals surface area contributed by atoms with E-state index in [1.54, 1.807) is 0 Å². The minimum absolute atomic E-state index is 0.232. The predicted octanol–water partition coefficient (Wildman–Crippen LogP) is 3.47. The summed E-state index contributed by atoms with van der Waals surface area (Å²) < 4.78 is 3.00. The molecule has 0 radical (unpaired) electrons. The van der Waals surface area contributed by atoms with E-state index in [1.807, 2.05) is 11.7 Å². The smallest absolute Gasteiger partial charge is 0.0766 e. The van der Waals surface area contributed by atoms with Crippen LogP contribution in [0.5, 0.6) is 0 Å². The van der Waals surface area contributed by atoms with Crippen LogP contribution < -0.4 is 0 Å². The third kappa shape index (κ3) is 3.40. The summed E-state index contributed by atoms with van der Waals surface area (Å²) in [5.74, 6) is 1.29. The Bertz CT molecular complexity index is 422. The van der Waals surface area contributed by atoms with Crippen molar-refractivity contribution in [1.29, 1.82) is 0 Å². The van der Waals surface area contributed by atoms with Crippen molar-refractivity contribution >= 4 is 15.9 Å². The van der Waals surface area contributed by atoms with Crippen molar-refractivity contribution in [2.75, 3.05) is 0 Å². The zero-order chi connectivity index (χ0) is 14.0. The zero-order valence-corrected chi connectivity index (χ0v) is 13.8. The highest BCUT2D eigenvalue weighted by molar-refractivity contribution is 9.10. The minimum Gasteiger partial charge on any atom is -0.392 e. The minimum atomic E-state index is -0.232. The molecule has 1 saturated carbocycles. The van der Waals surface area contributed by atoms with Gasteiger partial charge in [0.2, 0.25) is 0 Å². The normalized spacial score (nSPS) is 25.5. The third-order valence-electron chi connectivity index (χ3n) is 4.51. The molecule has 108 valence electrons. The molecule has 3 nitrogen and oxygen atoms in total. The summed E-state index contributed by atoms with van der Waals surface area (Å²) in [6, 6.07) is 0. The van der Waals surface area contributed by atoms with Crippen LogP contribution in [0, 0.1) is 11.8 Å². The SMILES string of the molecule is CCc1nn(C)c(CC(O)C2CCC(C)CC2)c1Br. The van der Waals surface area contributed by atoms with Gasteiger partial charge < -0.3 is 5.11 Å². The lowest BCUT2D eigenvalue weighted by Gasteiger charge is -2.29. The van der Waals surface area contributed by atoms with Crippen LogP contribution in [0.15, 0.2) is 4.47 Å². The fourth-order valence-corrected chi connectivity index (χ4v) is 3.86. The maximum Gasteiger partial charge on any atom is 0.0766 e. The van der Waals surface area contributed by atoms with Crippen molar-refractivity contribution in [3.63, 3.8) is 0 Å². The number of aliphatic hydroxyl groups is 1. The first-order valence-corrected chi connectivity index (χ1v) is 8.20. The predicted molar refractivity (Wildman–Crippen MR) is 81.1 cm³/mol. The summed E-state index contributed by atoms with van der Waals surface area (Å²) in [6.45, 7) is 4.42. The van der Waals surface area contributed by atoms with Crippen molar-refractivity contribution in [3.8, 4) is 0 Å². The second-order valence-corrected chi connectivity index (χ2v) is 6.77. The molecule has 0 aliphatic heterocycles. The molecule has 1 aromatic rings. The molecule has 1 fully saturated rings. The molecule has 1 aliphatic carbocycles. The fraction of sp³-hybridized carbons (Fsp3) is 0.800. The number of hydrogen-bond acceptors (Lipinski definition) is 2. The molecule has 1 heterocycles. The van der Waals surface area contributed by atoms with Gasteiger partial charge in [-0.2, -0.15) is 5.10 Å². The molecular weight excluding hydrogens is 304 g/mol. The summed E-state index contributed by atoms with van der Waals surface area (Å²) in [5.41, 5.74) is 2.21. The Hall–Kier alpha value is -0.350. The summed E-state index contributed by atoms with van der Waals surface area (Å²) in [4.78, 5) is 0. The van der Waals surface area contributed by atoms with Gasteiger partial charge in [0.25, 0.3) is 0 Å². The Labute approximate surface area is 124 Å². The monoisotopic (exact) mass is 328 g/mol. The molecule has 1 atom stereocenters. The Morgan fingerprint density at radius 2 is 2.00 bits per heavy atom. The van der Waals surface area contributed by atoms with Gasteiger partial charge in [-0.05, 0) is 47.0 Å². The molecule has 0 aromatic carbocycles. The molecule has 0 saturated heterocycles. The molecule has 19 heavy (non-hydrogen) atoms. The molecule has 1 aliphatic rings. The van der Waals surface area contributed by atoms with E-state index < -0.39 is 0 Å². The molecule has 1 unspecified atom stereocenters. The van der Waals surface area contributed by atoms with Crippen LogP contribution in [-0.2, 0) is 19.9 Å². The highest BCUT2D eigenvalue weighted by Gasteiger charge is 2.26. The molecular formula is C15H25BrN2O. The van der Waals surface area contributed by atoms with E-state index in [-0.39, 0.29) is 6.10 Å². The van der Waals surface area contributed by atoms with Gasteiger partial charge >= 0.3 is 0 Å². The number of aromatic nitrogens is 2. The second-order valence-electron chi connectivity index (χ2n) is 5.98. The maximum absolute atomic E-state index is 10.5. The number of aryl methyl sites for hydroxylation is 2. The molecule has 1 aromatic heterocycles. The quantitative estimate of drug-likeness (QED) is 0.918. The van der Waals surface area contributed by atoms with Gasteiger partial charge in [-0.15, -0.1) is 0 Å². The molecule has 0 spiro atoms. The van der Waals surface area contributed by atoms with Crippen molar-refractivity contribution in [2.24, 2.45) is 18.9 Å². The molecule has 1 N–H and O–H groups in total. The van der Waals surface area contributed by atoms with Gasteiger partial charge in [0, 0.05) is 13.5 Å². The Kier molecular flexibility index (Phi) is 5.07. The highest BCUT2D eigenvalue weighted by atomic mass is 79.9. The van der Waals surface area contributed by atoms with Gasteiger partial charge in [-0.3, -0.25) is 4.68 Å². The second kappa shape index (κ2) is 6.40. The zero-order valence-electron chi connectivity index (χ0n) is 12.2. The number of rotatable bonds is 4. The first-order chi connectivity index (χ1) is 9.02. The van der Waals surface area contributed by atoms with Crippen molar-refractivity contribution in [1.82, 2.24) is 9.78 Å². The van der Waals surface area contributed by atoms with Crippen LogP contribution in [0.4, 0.5) is 0 Å². The summed E-state index contributed by atoms with van der Waals surface area (Å²) >= 11 is 3.63. The topological polar surface area (TPSA) is 38.0 Å². The van der Waals surface area contributed by atoms with Crippen LogP contribution in [0.1, 0.15) is 50.9 Å². The van der Waals surface area contributed by atoms with Crippen LogP contribution in [-0.4, -0.2) is 21.0 Å². The van der Waals surface area contributed by atoms with Gasteiger partial charge in [0.05, 0.1) is 22.0 Å². The van der Waals surface area contributed by atoms with E-state index in [9.17, 15) is 5.11 Å². The van der Waals surface area contributed by atoms with Crippen molar-refractivity contribution < 1.29 is 5.11 Å². The van der Waals surface area contributed by atoms with Crippen molar-refractivity contribution in [2.45, 2.75) is 58.5 Å². The van der Waals surface area contributed by atoms with E-state index >= 15 is 0 Å². The van der Waals surface area contributed by atoms with Crippen LogP contribution in [0.2, 0.25) is 0 Å². The van der Waals surface area contributed by atoms with Gasteiger partial charge in [-0.25, -0.2) is 0 Å². The first kappa shape index (κ1) is 15.0. The fourth-order valence-electron chi connectivity index (χ4n) is 3.08. The molecule has 4 heteroatoms. The van der Waals surface area contributed by atoms with Crippen molar-refractivity contribution in [3.05, 3.63) is 15.9 Å². The Morgan fingerprint density at radius 1 is 1.37 bits per heavy atom. The average Bonchev–Trinajstić information content (AvgIpc) is 2.67. The average molecular weight is 329 g/mol. The lowest BCUT2D eigenvalue weighted by Crippen LogP contribution is -2.27. The van der Waals surface area contributed by atoms with Crippen LogP contribution in [0.25, 0.3) is 0 Å². The third-order valence-corrected chi connectivity index (χ3v) is 5.43. The first-order valence-electron chi connectivity index (χ1n) is 7.41. The number of hydrogen-bond donors (Lipinski definition) is 1. The van der Waals surface area contributed by atoms with E-state index in [4.69, 9.17) is 0 Å². The summed E-state index contributed by atoms with van der Waals surface area (Å²) in [6.07, 6.45) is 6.25. The highest BCUT2D eigenvalue weighted by Crippen LogP contribution is 2.32. The summed E-state index contributed by atoms with van der Waals surface area (Å²) in [7, 11) is 1.97. The number of aliphatic hydroxyl groups excluding tert-OH is 1. The number of nitrogens with zero attached hydrogens (tertiary/aromatic N) is 2. The standard InChI is InChI=1S/C15H25BrN2O/c1-4-12-15(16)13(18(3)17-12)9-14(19)11-7-5-10(2)6-8-11/h10-11,14,19H,4-9H2,1-3H3. The number of halogens is 1.